The first-order chi connectivity index (χ1) is 10.6. The molecule has 0 radical (unpaired) electrons. The van der Waals surface area contributed by atoms with Crippen molar-refractivity contribution in [1.82, 2.24) is 15.5 Å². The molecule has 2 rings (SSSR count). The van der Waals surface area contributed by atoms with Crippen molar-refractivity contribution >= 4 is 16.9 Å². The van der Waals surface area contributed by atoms with Crippen LogP contribution in [0.5, 0.6) is 0 Å². The quantitative estimate of drug-likeness (QED) is 0.734. The molecule has 1 aromatic carbocycles. The first kappa shape index (κ1) is 16.5. The molecule has 0 aliphatic carbocycles. The summed E-state index contributed by atoms with van der Waals surface area (Å²) in [4.78, 5) is 14.4. The number of amides is 1. The highest BCUT2D eigenvalue weighted by molar-refractivity contribution is 5.99. The van der Waals surface area contributed by atoms with E-state index in [1.165, 1.54) is 0 Å². The van der Waals surface area contributed by atoms with E-state index < -0.39 is 0 Å². The Labute approximate surface area is 131 Å². The number of carbonyl (C=O) groups excluding carboxylic acids is 1. The van der Waals surface area contributed by atoms with Crippen molar-refractivity contribution in [2.45, 2.75) is 19.9 Å². The molecule has 1 heterocycles. The number of furan rings is 1. The average molecular weight is 303 g/mol. The Bertz CT molecular complexity index is 619. The summed E-state index contributed by atoms with van der Waals surface area (Å²) in [5, 5.41) is 7.19. The van der Waals surface area contributed by atoms with Crippen LogP contribution in [0.2, 0.25) is 0 Å². The van der Waals surface area contributed by atoms with Gasteiger partial charge in [0.05, 0.1) is 0 Å². The maximum Gasteiger partial charge on any atom is 0.287 e. The van der Waals surface area contributed by atoms with Gasteiger partial charge in [0.25, 0.3) is 5.91 Å². The molecule has 5 heteroatoms. The lowest BCUT2D eigenvalue weighted by molar-refractivity contribution is 0.0926. The summed E-state index contributed by atoms with van der Waals surface area (Å²) in [6.45, 7) is 5.12. The molecular formula is C17H25N3O2. The van der Waals surface area contributed by atoms with Gasteiger partial charge in [-0.25, -0.2) is 0 Å². The molecule has 22 heavy (non-hydrogen) atoms. The molecule has 120 valence electrons. The zero-order valence-electron chi connectivity index (χ0n) is 13.6. The van der Waals surface area contributed by atoms with Crippen LogP contribution in [0.1, 0.15) is 29.5 Å². The number of benzene rings is 1. The first-order valence-corrected chi connectivity index (χ1v) is 7.77. The Morgan fingerprint density at radius 3 is 2.68 bits per heavy atom. The lowest BCUT2D eigenvalue weighted by Gasteiger charge is -2.10. The average Bonchev–Trinajstić information content (AvgIpc) is 2.85. The highest BCUT2D eigenvalue weighted by Gasteiger charge is 2.20. The molecule has 0 bridgehead atoms. The topological polar surface area (TPSA) is 57.5 Å². The van der Waals surface area contributed by atoms with Crippen molar-refractivity contribution in [3.8, 4) is 0 Å². The van der Waals surface area contributed by atoms with Crippen molar-refractivity contribution in [3.05, 3.63) is 35.6 Å². The third-order valence-corrected chi connectivity index (χ3v) is 3.39. The lowest BCUT2D eigenvalue weighted by Crippen LogP contribution is -2.32. The van der Waals surface area contributed by atoms with Gasteiger partial charge < -0.3 is 20.0 Å². The molecule has 1 aromatic heterocycles. The Morgan fingerprint density at radius 2 is 1.95 bits per heavy atom. The fraction of sp³-hybridized carbons (Fsp3) is 0.471. The van der Waals surface area contributed by atoms with Crippen LogP contribution in [0, 0.1) is 0 Å². The van der Waals surface area contributed by atoms with Crippen LogP contribution in [0.3, 0.4) is 0 Å². The van der Waals surface area contributed by atoms with Gasteiger partial charge in [0.1, 0.15) is 5.58 Å². The number of hydrogen-bond acceptors (Lipinski definition) is 4. The van der Waals surface area contributed by atoms with Crippen molar-refractivity contribution in [3.63, 3.8) is 0 Å². The van der Waals surface area contributed by atoms with E-state index in [4.69, 9.17) is 4.42 Å². The normalized spacial score (nSPS) is 11.3. The van der Waals surface area contributed by atoms with Gasteiger partial charge in [-0.2, -0.15) is 0 Å². The highest BCUT2D eigenvalue weighted by Crippen LogP contribution is 2.26. The zero-order valence-corrected chi connectivity index (χ0v) is 13.6. The van der Waals surface area contributed by atoms with Gasteiger partial charge in [-0.3, -0.25) is 4.79 Å². The number of nitrogens with one attached hydrogen (secondary N) is 2. The highest BCUT2D eigenvalue weighted by atomic mass is 16.3. The van der Waals surface area contributed by atoms with Crippen LogP contribution in [0.25, 0.3) is 11.0 Å². The van der Waals surface area contributed by atoms with Crippen molar-refractivity contribution < 1.29 is 9.21 Å². The summed E-state index contributed by atoms with van der Waals surface area (Å²) >= 11 is 0. The van der Waals surface area contributed by atoms with E-state index in [9.17, 15) is 4.79 Å². The van der Waals surface area contributed by atoms with E-state index in [2.05, 4.69) is 17.6 Å². The predicted molar refractivity (Wildman–Crippen MR) is 89.1 cm³/mol. The molecule has 2 aromatic rings. The molecule has 0 spiro atoms. The predicted octanol–water partition coefficient (Wildman–Crippen LogP) is 2.22. The maximum atomic E-state index is 12.4. The second kappa shape index (κ2) is 7.96. The molecule has 2 N–H and O–H groups in total. The molecule has 0 aliphatic rings. The van der Waals surface area contributed by atoms with Gasteiger partial charge in [0.15, 0.2) is 5.76 Å². The SMILES string of the molecule is CCCNCCNC(=O)c1oc2ccccc2c1CN(C)C. The summed E-state index contributed by atoms with van der Waals surface area (Å²) in [6, 6.07) is 7.78. The fourth-order valence-electron chi connectivity index (χ4n) is 2.40. The van der Waals surface area contributed by atoms with Crippen LogP contribution < -0.4 is 10.6 Å². The number of hydrogen-bond donors (Lipinski definition) is 2. The van der Waals surface area contributed by atoms with Gasteiger partial charge in [0, 0.05) is 30.6 Å². The molecule has 1 amide bonds. The van der Waals surface area contributed by atoms with Crippen LogP contribution in [0.15, 0.2) is 28.7 Å². The molecule has 0 fully saturated rings. The van der Waals surface area contributed by atoms with Gasteiger partial charge in [0.2, 0.25) is 0 Å². The number of para-hydroxylation sites is 1. The Hall–Kier alpha value is -1.85. The molecule has 0 saturated heterocycles. The summed E-state index contributed by atoms with van der Waals surface area (Å²) in [5.41, 5.74) is 1.70. The van der Waals surface area contributed by atoms with Gasteiger partial charge in [-0.05, 0) is 33.1 Å². The van der Waals surface area contributed by atoms with Gasteiger partial charge >= 0.3 is 0 Å². The van der Waals surface area contributed by atoms with Crippen LogP contribution >= 0.6 is 0 Å². The van der Waals surface area contributed by atoms with E-state index >= 15 is 0 Å². The fourth-order valence-corrected chi connectivity index (χ4v) is 2.40. The Morgan fingerprint density at radius 1 is 1.18 bits per heavy atom. The second-order valence-electron chi connectivity index (χ2n) is 5.65. The Kier molecular flexibility index (Phi) is 5.98. The standard InChI is InChI=1S/C17H25N3O2/c1-4-9-18-10-11-19-17(21)16-14(12-20(2)3)13-7-5-6-8-15(13)22-16/h5-8,18H,4,9-12H2,1-3H3,(H,19,21). The largest absolute Gasteiger partial charge is 0.451 e. The van der Waals surface area contributed by atoms with Gasteiger partial charge in [-0.15, -0.1) is 0 Å². The smallest absolute Gasteiger partial charge is 0.287 e. The van der Waals surface area contributed by atoms with E-state index in [1.807, 2.05) is 43.3 Å². The lowest BCUT2D eigenvalue weighted by atomic mass is 10.1. The third kappa shape index (κ3) is 4.08. The second-order valence-corrected chi connectivity index (χ2v) is 5.65. The molecule has 5 nitrogen and oxygen atoms in total. The molecule has 0 atom stereocenters. The van der Waals surface area contributed by atoms with Crippen LogP contribution in [-0.4, -0.2) is 44.5 Å². The molecule has 0 saturated carbocycles. The minimum atomic E-state index is -0.147. The van der Waals surface area contributed by atoms with E-state index in [0.717, 1.165) is 36.0 Å². The van der Waals surface area contributed by atoms with Gasteiger partial charge in [-0.1, -0.05) is 25.1 Å². The summed E-state index contributed by atoms with van der Waals surface area (Å²) in [5.74, 6) is 0.275. The Balaban J connectivity index is 2.13. The van der Waals surface area contributed by atoms with Crippen molar-refractivity contribution in [2.24, 2.45) is 0 Å². The third-order valence-electron chi connectivity index (χ3n) is 3.39. The van der Waals surface area contributed by atoms with Crippen molar-refractivity contribution in [1.29, 1.82) is 0 Å². The molecule has 0 aliphatic heterocycles. The van der Waals surface area contributed by atoms with E-state index in [0.29, 0.717) is 18.8 Å². The monoisotopic (exact) mass is 303 g/mol. The number of nitrogens with zero attached hydrogens (tertiary/aromatic N) is 1. The summed E-state index contributed by atoms with van der Waals surface area (Å²) in [6.07, 6.45) is 1.09. The van der Waals surface area contributed by atoms with Crippen LogP contribution in [0.4, 0.5) is 0 Å². The van der Waals surface area contributed by atoms with Crippen molar-refractivity contribution in [2.75, 3.05) is 33.7 Å². The minimum Gasteiger partial charge on any atom is -0.451 e. The van der Waals surface area contributed by atoms with Crippen LogP contribution in [-0.2, 0) is 6.54 Å². The summed E-state index contributed by atoms with van der Waals surface area (Å²) in [7, 11) is 3.97. The number of rotatable bonds is 8. The molecule has 0 unspecified atom stereocenters. The number of fused-ring (bicyclic) bond motifs is 1. The van der Waals surface area contributed by atoms with E-state index in [-0.39, 0.29) is 5.91 Å². The molecular weight excluding hydrogens is 278 g/mol. The maximum absolute atomic E-state index is 12.4. The first-order valence-electron chi connectivity index (χ1n) is 7.77. The number of carbonyl (C=O) groups is 1. The van der Waals surface area contributed by atoms with E-state index in [1.54, 1.807) is 0 Å². The summed E-state index contributed by atoms with van der Waals surface area (Å²) < 4.78 is 5.78. The minimum absolute atomic E-state index is 0.147. The zero-order chi connectivity index (χ0) is 15.9.